The van der Waals surface area contributed by atoms with E-state index in [1.165, 1.54) is 10.9 Å². The first-order valence-corrected chi connectivity index (χ1v) is 8.92. The van der Waals surface area contributed by atoms with Gasteiger partial charge in [0.25, 0.3) is 5.91 Å². The molecule has 0 aliphatic carbocycles. The lowest BCUT2D eigenvalue weighted by Gasteiger charge is -2.33. The third-order valence-corrected chi connectivity index (χ3v) is 4.40. The first-order valence-electron chi connectivity index (χ1n) is 8.92. The van der Waals surface area contributed by atoms with Gasteiger partial charge in [-0.05, 0) is 12.5 Å². The number of nitrogens with zero attached hydrogens (tertiary/aromatic N) is 5. The van der Waals surface area contributed by atoms with Crippen molar-refractivity contribution in [3.63, 3.8) is 0 Å². The third-order valence-electron chi connectivity index (χ3n) is 4.40. The van der Waals surface area contributed by atoms with E-state index in [1.807, 2.05) is 30.3 Å². The number of hydrogen-bond acceptors (Lipinski definition) is 6. The summed E-state index contributed by atoms with van der Waals surface area (Å²) in [5.74, 6) is -0.237. The van der Waals surface area contributed by atoms with Gasteiger partial charge in [0.1, 0.15) is 0 Å². The number of carbonyl (C=O) groups excluding carboxylic acids is 2. The van der Waals surface area contributed by atoms with Crippen LogP contribution in [0.2, 0.25) is 0 Å². The molecule has 1 saturated heterocycles. The van der Waals surface area contributed by atoms with Crippen LogP contribution in [0.4, 0.5) is 4.79 Å². The van der Waals surface area contributed by atoms with Gasteiger partial charge >= 0.3 is 6.09 Å². The minimum Gasteiger partial charge on any atom is -0.450 e. The maximum Gasteiger partial charge on any atom is 0.409 e. The maximum absolute atomic E-state index is 12.6. The summed E-state index contributed by atoms with van der Waals surface area (Å²) in [5, 5.41) is 18.1. The van der Waals surface area contributed by atoms with Gasteiger partial charge in [0.2, 0.25) is 0 Å². The second kappa shape index (κ2) is 8.63. The highest BCUT2D eigenvalue weighted by atomic mass is 16.6. The summed E-state index contributed by atoms with van der Waals surface area (Å²) in [7, 11) is 0. The van der Waals surface area contributed by atoms with Gasteiger partial charge in [-0.2, -0.15) is 0 Å². The molecule has 1 aliphatic rings. The van der Waals surface area contributed by atoms with Crippen LogP contribution < -0.4 is 0 Å². The topological polar surface area (TPSA) is 101 Å². The van der Waals surface area contributed by atoms with Crippen molar-refractivity contribution >= 4 is 12.0 Å². The Balaban J connectivity index is 1.55. The molecule has 0 radical (unpaired) electrons. The minimum absolute atomic E-state index is 0.209. The van der Waals surface area contributed by atoms with Crippen molar-refractivity contribution < 1.29 is 19.4 Å². The largest absolute Gasteiger partial charge is 0.450 e. The number of ether oxygens (including phenoxy) is 1. The van der Waals surface area contributed by atoms with E-state index in [4.69, 9.17) is 4.74 Å². The summed E-state index contributed by atoms with van der Waals surface area (Å²) in [5.41, 5.74) is 0.996. The molecule has 2 amide bonds. The van der Waals surface area contributed by atoms with E-state index in [0.29, 0.717) is 32.8 Å². The zero-order valence-corrected chi connectivity index (χ0v) is 15.2. The van der Waals surface area contributed by atoms with Gasteiger partial charge in [-0.1, -0.05) is 35.5 Å². The van der Waals surface area contributed by atoms with E-state index in [1.54, 1.807) is 16.7 Å². The fraction of sp³-hybridized carbons (Fsp3) is 0.444. The molecule has 0 spiro atoms. The van der Waals surface area contributed by atoms with E-state index in [0.717, 1.165) is 5.56 Å². The van der Waals surface area contributed by atoms with Crippen LogP contribution in [-0.4, -0.2) is 74.7 Å². The van der Waals surface area contributed by atoms with E-state index in [-0.39, 0.29) is 24.2 Å². The zero-order chi connectivity index (χ0) is 19.2. The second-order valence-electron chi connectivity index (χ2n) is 6.23. The lowest BCUT2D eigenvalue weighted by molar-refractivity contribution is 0.0566. The number of amides is 2. The molecule has 1 N–H and O–H groups in total. The van der Waals surface area contributed by atoms with Gasteiger partial charge in [0, 0.05) is 26.2 Å². The maximum atomic E-state index is 12.6. The standard InChI is InChI=1S/C18H23N5O4/c1-2-27-18(26)22-10-8-21(9-11-22)17(25)15-12-23(20-19-15)13-16(24)14-6-4-3-5-7-14/h3-7,12,16,24H,2,8-11,13H2,1H3/t16-/m1/s1. The first kappa shape index (κ1) is 18.8. The van der Waals surface area contributed by atoms with Crippen LogP contribution in [0.1, 0.15) is 29.1 Å². The van der Waals surface area contributed by atoms with Crippen molar-refractivity contribution in [3.8, 4) is 0 Å². The van der Waals surface area contributed by atoms with Crippen LogP contribution in [0.15, 0.2) is 36.5 Å². The van der Waals surface area contributed by atoms with Crippen LogP contribution in [0, 0.1) is 0 Å². The van der Waals surface area contributed by atoms with E-state index < -0.39 is 6.10 Å². The molecule has 0 unspecified atom stereocenters. The van der Waals surface area contributed by atoms with E-state index in [9.17, 15) is 14.7 Å². The molecule has 1 aromatic carbocycles. The molecule has 27 heavy (non-hydrogen) atoms. The molecular weight excluding hydrogens is 350 g/mol. The molecule has 2 heterocycles. The molecule has 1 fully saturated rings. The summed E-state index contributed by atoms with van der Waals surface area (Å²) in [6, 6.07) is 9.24. The Hall–Kier alpha value is -2.94. The monoisotopic (exact) mass is 373 g/mol. The molecule has 0 bridgehead atoms. The molecule has 1 aliphatic heterocycles. The number of aromatic nitrogens is 3. The lowest BCUT2D eigenvalue weighted by Crippen LogP contribution is -2.50. The number of carbonyl (C=O) groups is 2. The lowest BCUT2D eigenvalue weighted by atomic mass is 10.1. The predicted molar refractivity (Wildman–Crippen MR) is 95.9 cm³/mol. The fourth-order valence-electron chi connectivity index (χ4n) is 2.91. The Kier molecular flexibility index (Phi) is 6.02. The zero-order valence-electron chi connectivity index (χ0n) is 15.2. The van der Waals surface area contributed by atoms with Crippen molar-refractivity contribution in [2.75, 3.05) is 32.8 Å². The number of hydrogen-bond donors (Lipinski definition) is 1. The summed E-state index contributed by atoms with van der Waals surface area (Å²) in [6.45, 7) is 3.97. The van der Waals surface area contributed by atoms with Gasteiger partial charge in [0.15, 0.2) is 5.69 Å². The van der Waals surface area contributed by atoms with Gasteiger partial charge in [-0.25, -0.2) is 9.48 Å². The summed E-state index contributed by atoms with van der Waals surface area (Å²) in [4.78, 5) is 27.5. The van der Waals surface area contributed by atoms with E-state index in [2.05, 4.69) is 10.3 Å². The molecule has 144 valence electrons. The van der Waals surface area contributed by atoms with Crippen molar-refractivity contribution in [2.24, 2.45) is 0 Å². The van der Waals surface area contributed by atoms with Gasteiger partial charge in [-0.15, -0.1) is 5.10 Å². The number of aliphatic hydroxyl groups is 1. The smallest absolute Gasteiger partial charge is 0.409 e. The van der Waals surface area contributed by atoms with Crippen molar-refractivity contribution in [2.45, 2.75) is 19.6 Å². The van der Waals surface area contributed by atoms with E-state index >= 15 is 0 Å². The Morgan fingerprint density at radius 2 is 1.81 bits per heavy atom. The minimum atomic E-state index is -0.732. The number of aliphatic hydroxyl groups excluding tert-OH is 1. The van der Waals surface area contributed by atoms with Crippen LogP contribution in [0.25, 0.3) is 0 Å². The van der Waals surface area contributed by atoms with Gasteiger partial charge < -0.3 is 19.6 Å². The molecule has 9 heteroatoms. The van der Waals surface area contributed by atoms with Gasteiger partial charge in [0.05, 0.1) is 25.5 Å². The number of piperazine rings is 1. The predicted octanol–water partition coefficient (Wildman–Crippen LogP) is 0.926. The number of benzene rings is 1. The van der Waals surface area contributed by atoms with Gasteiger partial charge in [-0.3, -0.25) is 4.79 Å². The molecule has 1 aromatic heterocycles. The quantitative estimate of drug-likeness (QED) is 0.837. The Morgan fingerprint density at radius 3 is 2.48 bits per heavy atom. The van der Waals surface area contributed by atoms with Crippen molar-refractivity contribution in [1.29, 1.82) is 0 Å². The van der Waals surface area contributed by atoms with Crippen LogP contribution in [0.5, 0.6) is 0 Å². The molecule has 3 rings (SSSR count). The molecule has 9 nitrogen and oxygen atoms in total. The molecule has 0 saturated carbocycles. The second-order valence-corrected chi connectivity index (χ2v) is 6.23. The van der Waals surface area contributed by atoms with Crippen LogP contribution in [-0.2, 0) is 11.3 Å². The summed E-state index contributed by atoms with van der Waals surface area (Å²) in [6.07, 6.45) is 0.445. The molecular formula is C18H23N5O4. The third kappa shape index (κ3) is 4.62. The first-order chi connectivity index (χ1) is 13.1. The van der Waals surface area contributed by atoms with Crippen molar-refractivity contribution in [1.82, 2.24) is 24.8 Å². The highest BCUT2D eigenvalue weighted by molar-refractivity contribution is 5.92. The average Bonchev–Trinajstić information content (AvgIpc) is 3.17. The Labute approximate surface area is 157 Å². The normalized spacial score (nSPS) is 15.5. The Bertz CT molecular complexity index is 771. The highest BCUT2D eigenvalue weighted by Crippen LogP contribution is 2.14. The van der Waals surface area contributed by atoms with Crippen molar-refractivity contribution in [3.05, 3.63) is 47.8 Å². The fourth-order valence-corrected chi connectivity index (χ4v) is 2.91. The molecule has 2 aromatic rings. The summed E-state index contributed by atoms with van der Waals surface area (Å²) >= 11 is 0. The van der Waals surface area contributed by atoms with Crippen LogP contribution >= 0.6 is 0 Å². The van der Waals surface area contributed by atoms with Crippen LogP contribution in [0.3, 0.4) is 0 Å². The summed E-state index contributed by atoms with van der Waals surface area (Å²) < 4.78 is 6.43. The highest BCUT2D eigenvalue weighted by Gasteiger charge is 2.27. The number of rotatable bonds is 5. The average molecular weight is 373 g/mol. The SMILES string of the molecule is CCOC(=O)N1CCN(C(=O)c2cn(C[C@@H](O)c3ccccc3)nn2)CC1. The Morgan fingerprint density at radius 1 is 1.15 bits per heavy atom. The molecule has 1 atom stereocenters.